The number of carboxylic acids is 1. The topological polar surface area (TPSA) is 78.9 Å². The van der Waals surface area contributed by atoms with E-state index in [2.05, 4.69) is 10.1 Å². The Morgan fingerprint density at radius 1 is 1.42 bits per heavy atom. The van der Waals surface area contributed by atoms with Crippen molar-refractivity contribution in [1.29, 1.82) is 0 Å². The molecular formula is C10H15F3N2O4. The number of alkyl halides is 3. The number of carbonyl (C=O) groups is 2. The number of rotatable bonds is 4. The molecule has 2 amide bonds. The lowest BCUT2D eigenvalue weighted by Gasteiger charge is -2.18. The van der Waals surface area contributed by atoms with Crippen molar-refractivity contribution >= 4 is 12.0 Å². The number of nitrogens with one attached hydrogen (secondary N) is 1. The highest BCUT2D eigenvalue weighted by Crippen LogP contribution is 2.37. The number of urea groups is 1. The van der Waals surface area contributed by atoms with Gasteiger partial charge in [-0.15, -0.1) is 0 Å². The number of aliphatic carboxylic acids is 1. The molecule has 0 radical (unpaired) electrons. The van der Waals surface area contributed by atoms with Crippen molar-refractivity contribution in [3.63, 3.8) is 0 Å². The highest BCUT2D eigenvalue weighted by Gasteiger charge is 2.53. The molecule has 1 saturated heterocycles. The van der Waals surface area contributed by atoms with E-state index in [9.17, 15) is 22.8 Å². The molecule has 0 aromatic heterocycles. The largest absolute Gasteiger partial charge is 0.481 e. The Kier molecular flexibility index (Phi) is 4.98. The fourth-order valence-corrected chi connectivity index (χ4v) is 1.92. The van der Waals surface area contributed by atoms with Gasteiger partial charge in [0.2, 0.25) is 0 Å². The number of ether oxygens (including phenoxy) is 1. The van der Waals surface area contributed by atoms with Crippen LogP contribution in [0.15, 0.2) is 0 Å². The zero-order valence-corrected chi connectivity index (χ0v) is 10.2. The fraction of sp³-hybridized carbons (Fsp3) is 0.800. The maximum absolute atomic E-state index is 12.7. The monoisotopic (exact) mass is 284 g/mol. The zero-order chi connectivity index (χ0) is 14.6. The minimum Gasteiger partial charge on any atom is -0.481 e. The van der Waals surface area contributed by atoms with Crippen LogP contribution >= 0.6 is 0 Å². The predicted molar refractivity (Wildman–Crippen MR) is 57.5 cm³/mol. The molecule has 1 aliphatic heterocycles. The lowest BCUT2D eigenvalue weighted by atomic mass is 9.96. The SMILES string of the molecule is COCCNC(=O)N1C[C@@H](C(F)(F)F)[C@H](C(=O)O)C1. The first kappa shape index (κ1) is 15.5. The number of halogens is 3. The minimum absolute atomic E-state index is 0.153. The molecule has 0 spiro atoms. The molecule has 19 heavy (non-hydrogen) atoms. The molecule has 0 aromatic rings. The summed E-state index contributed by atoms with van der Waals surface area (Å²) in [6.07, 6.45) is -4.63. The van der Waals surface area contributed by atoms with Crippen LogP contribution in [0.3, 0.4) is 0 Å². The van der Waals surface area contributed by atoms with Gasteiger partial charge in [-0.2, -0.15) is 13.2 Å². The molecule has 2 N–H and O–H groups in total. The second-order valence-electron chi connectivity index (χ2n) is 4.22. The maximum Gasteiger partial charge on any atom is 0.394 e. The second-order valence-corrected chi connectivity index (χ2v) is 4.22. The minimum atomic E-state index is -4.63. The molecule has 6 nitrogen and oxygen atoms in total. The summed E-state index contributed by atoms with van der Waals surface area (Å²) in [6, 6.07) is -0.713. The molecule has 1 aliphatic rings. The quantitative estimate of drug-likeness (QED) is 0.738. The normalized spacial score (nSPS) is 23.5. The van der Waals surface area contributed by atoms with Crippen LogP contribution in [0.4, 0.5) is 18.0 Å². The van der Waals surface area contributed by atoms with Crippen molar-refractivity contribution in [2.45, 2.75) is 6.18 Å². The summed E-state index contributed by atoms with van der Waals surface area (Å²) in [4.78, 5) is 23.2. The summed E-state index contributed by atoms with van der Waals surface area (Å²) in [5.41, 5.74) is 0. The third-order valence-electron chi connectivity index (χ3n) is 2.93. The van der Waals surface area contributed by atoms with Crippen molar-refractivity contribution in [2.75, 3.05) is 33.4 Å². The summed E-state index contributed by atoms with van der Waals surface area (Å²) in [5, 5.41) is 11.1. The average molecular weight is 284 g/mol. The molecule has 9 heteroatoms. The van der Waals surface area contributed by atoms with Gasteiger partial charge in [0.15, 0.2) is 0 Å². The number of amides is 2. The van der Waals surface area contributed by atoms with Gasteiger partial charge in [-0.1, -0.05) is 0 Å². The van der Waals surface area contributed by atoms with Crippen LogP contribution in [0.1, 0.15) is 0 Å². The summed E-state index contributed by atoms with van der Waals surface area (Å²) in [6.45, 7) is -0.706. The Balaban J connectivity index is 2.65. The van der Waals surface area contributed by atoms with E-state index in [1.807, 2.05) is 0 Å². The highest BCUT2D eigenvalue weighted by molar-refractivity contribution is 5.77. The van der Waals surface area contributed by atoms with Crippen LogP contribution in [0.5, 0.6) is 0 Å². The van der Waals surface area contributed by atoms with Crippen LogP contribution < -0.4 is 5.32 Å². The van der Waals surface area contributed by atoms with E-state index in [1.54, 1.807) is 0 Å². The van der Waals surface area contributed by atoms with Crippen LogP contribution in [0.25, 0.3) is 0 Å². The van der Waals surface area contributed by atoms with Gasteiger partial charge in [-0.3, -0.25) is 4.79 Å². The van der Waals surface area contributed by atoms with E-state index in [1.165, 1.54) is 7.11 Å². The van der Waals surface area contributed by atoms with Gasteiger partial charge in [0.1, 0.15) is 0 Å². The third kappa shape index (κ3) is 3.98. The summed E-state index contributed by atoms with van der Waals surface area (Å²) in [5.74, 6) is -5.19. The molecule has 2 atom stereocenters. The maximum atomic E-state index is 12.7. The summed E-state index contributed by atoms with van der Waals surface area (Å²) < 4.78 is 42.7. The Morgan fingerprint density at radius 2 is 2.05 bits per heavy atom. The molecule has 0 aromatic carbocycles. The molecule has 0 saturated carbocycles. The standard InChI is InChI=1S/C10H15F3N2O4/c1-19-3-2-14-9(18)15-4-6(8(16)17)7(5-15)10(11,12)13/h6-7H,2-5H2,1H3,(H,14,18)(H,16,17)/t6-,7-/m1/s1. The molecule has 110 valence electrons. The summed E-state index contributed by atoms with van der Waals surface area (Å²) >= 11 is 0. The van der Waals surface area contributed by atoms with E-state index in [0.29, 0.717) is 0 Å². The van der Waals surface area contributed by atoms with E-state index in [-0.39, 0.29) is 13.2 Å². The van der Waals surface area contributed by atoms with E-state index in [4.69, 9.17) is 5.11 Å². The van der Waals surface area contributed by atoms with Gasteiger partial charge < -0.3 is 20.1 Å². The van der Waals surface area contributed by atoms with Crippen LogP contribution in [0.2, 0.25) is 0 Å². The van der Waals surface area contributed by atoms with Crippen molar-refractivity contribution < 1.29 is 32.6 Å². The highest BCUT2D eigenvalue weighted by atomic mass is 19.4. The third-order valence-corrected chi connectivity index (χ3v) is 2.93. The molecular weight excluding hydrogens is 269 g/mol. The van der Waals surface area contributed by atoms with Gasteiger partial charge in [-0.25, -0.2) is 4.79 Å². The fourth-order valence-electron chi connectivity index (χ4n) is 1.92. The lowest BCUT2D eigenvalue weighted by Crippen LogP contribution is -2.40. The summed E-state index contributed by atoms with van der Waals surface area (Å²) in [7, 11) is 1.42. The molecule has 0 bridgehead atoms. The first-order valence-corrected chi connectivity index (χ1v) is 5.58. The van der Waals surface area contributed by atoms with Gasteiger partial charge in [0.05, 0.1) is 18.4 Å². The zero-order valence-electron chi connectivity index (χ0n) is 10.2. The van der Waals surface area contributed by atoms with Gasteiger partial charge in [-0.05, 0) is 0 Å². The molecule has 0 unspecified atom stereocenters. The van der Waals surface area contributed by atoms with Crippen LogP contribution in [-0.4, -0.2) is 61.5 Å². The smallest absolute Gasteiger partial charge is 0.394 e. The number of carboxylic acid groups (broad SMARTS) is 1. The Labute approximate surface area is 107 Å². The lowest BCUT2D eigenvalue weighted by molar-refractivity contribution is -0.187. The Hall–Kier alpha value is -1.51. The molecule has 1 rings (SSSR count). The van der Waals surface area contributed by atoms with Crippen molar-refractivity contribution in [3.8, 4) is 0 Å². The van der Waals surface area contributed by atoms with E-state index < -0.39 is 43.1 Å². The number of carbonyl (C=O) groups excluding carboxylic acids is 1. The van der Waals surface area contributed by atoms with Gasteiger partial charge in [0, 0.05) is 26.7 Å². The van der Waals surface area contributed by atoms with Gasteiger partial charge in [0.25, 0.3) is 0 Å². The predicted octanol–water partition coefficient (Wildman–Crippen LogP) is 0.537. The van der Waals surface area contributed by atoms with Gasteiger partial charge >= 0.3 is 18.2 Å². The Bertz CT molecular complexity index is 348. The van der Waals surface area contributed by atoms with E-state index in [0.717, 1.165) is 4.90 Å². The molecule has 0 aliphatic carbocycles. The number of nitrogens with zero attached hydrogens (tertiary/aromatic N) is 1. The Morgan fingerprint density at radius 3 is 2.47 bits per heavy atom. The number of hydrogen-bond acceptors (Lipinski definition) is 3. The number of methoxy groups -OCH3 is 1. The molecule has 1 heterocycles. The number of hydrogen-bond donors (Lipinski definition) is 2. The first-order valence-electron chi connectivity index (χ1n) is 5.58. The second kappa shape index (κ2) is 6.09. The van der Waals surface area contributed by atoms with Crippen molar-refractivity contribution in [1.82, 2.24) is 10.2 Å². The van der Waals surface area contributed by atoms with Crippen LogP contribution in [0, 0.1) is 11.8 Å². The van der Waals surface area contributed by atoms with E-state index >= 15 is 0 Å². The van der Waals surface area contributed by atoms with Crippen molar-refractivity contribution in [2.24, 2.45) is 11.8 Å². The van der Waals surface area contributed by atoms with Crippen LogP contribution in [-0.2, 0) is 9.53 Å². The first-order chi connectivity index (χ1) is 8.77. The average Bonchev–Trinajstić information content (AvgIpc) is 2.73. The molecule has 1 fully saturated rings. The number of likely N-dealkylation sites (tertiary alicyclic amines) is 1. The van der Waals surface area contributed by atoms with Crippen molar-refractivity contribution in [3.05, 3.63) is 0 Å².